The maximum atomic E-state index is 11.1. The monoisotopic (exact) mass is 381 g/mol. The molecule has 0 spiro atoms. The fourth-order valence-electron chi connectivity index (χ4n) is 2.79. The average Bonchev–Trinajstić information content (AvgIpc) is 2.59. The fourth-order valence-corrected chi connectivity index (χ4v) is 3.25. The van der Waals surface area contributed by atoms with Crippen LogP contribution >= 0.6 is 23.2 Å². The molecule has 0 bridgehead atoms. The molecule has 2 aromatic rings. The molecule has 3 rings (SSSR count). The van der Waals surface area contributed by atoms with Crippen molar-refractivity contribution in [1.29, 1.82) is 0 Å². The number of nitrogens with one attached hydrogen (secondary N) is 1. The number of halogens is 2. The number of anilines is 4. The lowest BCUT2D eigenvalue weighted by molar-refractivity contribution is -0.142. The zero-order valence-corrected chi connectivity index (χ0v) is 14.8. The van der Waals surface area contributed by atoms with Gasteiger partial charge in [0.15, 0.2) is 11.6 Å². The van der Waals surface area contributed by atoms with E-state index in [0.29, 0.717) is 59.0 Å². The van der Waals surface area contributed by atoms with Gasteiger partial charge in [0.25, 0.3) is 0 Å². The van der Waals surface area contributed by atoms with Crippen molar-refractivity contribution >= 4 is 52.2 Å². The van der Waals surface area contributed by atoms with Crippen molar-refractivity contribution in [3.8, 4) is 0 Å². The van der Waals surface area contributed by atoms with Crippen LogP contribution in [0.2, 0.25) is 10.0 Å². The Hall–Kier alpha value is -2.25. The molecule has 132 valence electrons. The summed E-state index contributed by atoms with van der Waals surface area (Å²) >= 11 is 12.1. The molecule has 9 heteroatoms. The summed E-state index contributed by atoms with van der Waals surface area (Å²) < 4.78 is 0. The number of rotatable bonds is 4. The van der Waals surface area contributed by atoms with Crippen LogP contribution in [0.15, 0.2) is 24.5 Å². The van der Waals surface area contributed by atoms with Crippen molar-refractivity contribution in [2.24, 2.45) is 5.92 Å². The molecule has 1 fully saturated rings. The molecule has 0 aliphatic carbocycles. The van der Waals surface area contributed by atoms with E-state index in [1.54, 1.807) is 18.2 Å². The summed E-state index contributed by atoms with van der Waals surface area (Å²) in [7, 11) is 0. The van der Waals surface area contributed by atoms with Gasteiger partial charge in [0.2, 0.25) is 0 Å². The Kier molecular flexibility index (Phi) is 5.15. The summed E-state index contributed by atoms with van der Waals surface area (Å²) in [5, 5.41) is 13.2. The second kappa shape index (κ2) is 7.33. The van der Waals surface area contributed by atoms with Crippen LogP contribution in [0.3, 0.4) is 0 Å². The predicted octanol–water partition coefficient (Wildman–Crippen LogP) is 3.41. The second-order valence-electron chi connectivity index (χ2n) is 5.81. The molecule has 1 aromatic carbocycles. The van der Waals surface area contributed by atoms with Crippen LogP contribution in [-0.2, 0) is 4.79 Å². The number of piperidine rings is 1. The Morgan fingerprint density at radius 3 is 2.64 bits per heavy atom. The first-order chi connectivity index (χ1) is 12.0. The van der Waals surface area contributed by atoms with E-state index >= 15 is 0 Å². The fraction of sp³-hybridized carbons (Fsp3) is 0.312. The van der Waals surface area contributed by atoms with E-state index in [1.165, 1.54) is 6.33 Å². The molecule has 1 saturated heterocycles. The van der Waals surface area contributed by atoms with Gasteiger partial charge in [0.05, 0.1) is 16.6 Å². The molecule has 0 saturated carbocycles. The molecular formula is C16H17Cl2N5O2. The molecule has 0 radical (unpaired) electrons. The summed E-state index contributed by atoms with van der Waals surface area (Å²) in [6.45, 7) is 1.17. The number of hydrogen-bond donors (Lipinski definition) is 3. The Morgan fingerprint density at radius 1 is 1.28 bits per heavy atom. The highest BCUT2D eigenvalue weighted by molar-refractivity contribution is 6.36. The smallest absolute Gasteiger partial charge is 0.306 e. The molecule has 1 aliphatic rings. The first-order valence-corrected chi connectivity index (χ1v) is 8.51. The molecule has 7 nitrogen and oxygen atoms in total. The lowest BCUT2D eigenvalue weighted by atomic mass is 9.97. The third kappa shape index (κ3) is 3.88. The number of carboxylic acids is 1. The number of hydrogen-bond acceptors (Lipinski definition) is 6. The Morgan fingerprint density at radius 2 is 2.00 bits per heavy atom. The minimum absolute atomic E-state index is 0.315. The van der Waals surface area contributed by atoms with Gasteiger partial charge in [-0.15, -0.1) is 0 Å². The molecule has 0 amide bonds. The van der Waals surface area contributed by atoms with Crippen molar-refractivity contribution in [3.63, 3.8) is 0 Å². The van der Waals surface area contributed by atoms with E-state index in [1.807, 2.05) is 4.90 Å². The highest BCUT2D eigenvalue weighted by Crippen LogP contribution is 2.33. The zero-order chi connectivity index (χ0) is 18.0. The van der Waals surface area contributed by atoms with Crippen LogP contribution in [0.25, 0.3) is 0 Å². The Balaban J connectivity index is 1.80. The first kappa shape index (κ1) is 17.6. The lowest BCUT2D eigenvalue weighted by Crippen LogP contribution is -2.37. The highest BCUT2D eigenvalue weighted by atomic mass is 35.5. The van der Waals surface area contributed by atoms with Gasteiger partial charge in [0, 0.05) is 18.1 Å². The normalized spacial score (nSPS) is 15.2. The predicted molar refractivity (Wildman–Crippen MR) is 98.8 cm³/mol. The quantitative estimate of drug-likeness (QED) is 0.744. The first-order valence-electron chi connectivity index (χ1n) is 7.76. The molecule has 1 aromatic heterocycles. The van der Waals surface area contributed by atoms with Crippen LogP contribution in [-0.4, -0.2) is 34.1 Å². The van der Waals surface area contributed by atoms with E-state index in [-0.39, 0.29) is 5.92 Å². The summed E-state index contributed by atoms with van der Waals surface area (Å²) in [6, 6.07) is 5.08. The maximum absolute atomic E-state index is 11.1. The summed E-state index contributed by atoms with van der Waals surface area (Å²) in [5.74, 6) is -0.0409. The molecule has 0 unspecified atom stereocenters. The van der Waals surface area contributed by atoms with Gasteiger partial charge in [-0.2, -0.15) is 0 Å². The summed E-state index contributed by atoms with van der Waals surface area (Å²) in [4.78, 5) is 21.5. The number of nitrogens with zero attached hydrogens (tertiary/aromatic N) is 3. The summed E-state index contributed by atoms with van der Waals surface area (Å²) in [5.41, 5.74) is 7.24. The highest BCUT2D eigenvalue weighted by Gasteiger charge is 2.26. The van der Waals surface area contributed by atoms with Gasteiger partial charge >= 0.3 is 5.97 Å². The van der Waals surface area contributed by atoms with Crippen molar-refractivity contribution in [1.82, 2.24) is 9.97 Å². The number of aromatic nitrogens is 2. The van der Waals surface area contributed by atoms with Crippen LogP contribution in [0, 0.1) is 5.92 Å². The standard InChI is InChI=1S/C16H17Cl2N5O2/c17-10-1-2-12(11(18)7-10)22-14-13(19)15(21-8-20-14)23-5-3-9(4-6-23)16(24)25/h1-2,7-9H,3-6,19H2,(H,24,25)(H,20,21,22). The number of nitrogen functional groups attached to an aromatic ring is 1. The molecule has 0 atom stereocenters. The van der Waals surface area contributed by atoms with Crippen molar-refractivity contribution in [2.45, 2.75) is 12.8 Å². The van der Waals surface area contributed by atoms with Crippen molar-refractivity contribution in [3.05, 3.63) is 34.6 Å². The van der Waals surface area contributed by atoms with Gasteiger partial charge in [-0.25, -0.2) is 9.97 Å². The molecule has 1 aliphatic heterocycles. The van der Waals surface area contributed by atoms with Gasteiger partial charge in [0.1, 0.15) is 12.0 Å². The van der Waals surface area contributed by atoms with Gasteiger partial charge < -0.3 is 21.1 Å². The van der Waals surface area contributed by atoms with E-state index < -0.39 is 5.97 Å². The maximum Gasteiger partial charge on any atom is 0.306 e. The van der Waals surface area contributed by atoms with E-state index in [9.17, 15) is 4.79 Å². The van der Waals surface area contributed by atoms with E-state index in [2.05, 4.69) is 15.3 Å². The average molecular weight is 382 g/mol. The van der Waals surface area contributed by atoms with Gasteiger partial charge in [-0.1, -0.05) is 23.2 Å². The Labute approximate surface area is 154 Å². The van der Waals surface area contributed by atoms with Crippen molar-refractivity contribution in [2.75, 3.05) is 29.0 Å². The number of carbonyl (C=O) groups is 1. The van der Waals surface area contributed by atoms with E-state index in [4.69, 9.17) is 34.0 Å². The number of benzene rings is 1. The van der Waals surface area contributed by atoms with Crippen molar-refractivity contribution < 1.29 is 9.90 Å². The third-order valence-electron chi connectivity index (χ3n) is 4.19. The number of nitrogens with two attached hydrogens (primary N) is 1. The van der Waals surface area contributed by atoms with Gasteiger partial charge in [-0.05, 0) is 31.0 Å². The van der Waals surface area contributed by atoms with Crippen LogP contribution in [0.5, 0.6) is 0 Å². The third-order valence-corrected chi connectivity index (χ3v) is 4.74. The van der Waals surface area contributed by atoms with Gasteiger partial charge in [-0.3, -0.25) is 4.79 Å². The Bertz CT molecular complexity index is 794. The van der Waals surface area contributed by atoms with Crippen LogP contribution in [0.4, 0.5) is 23.0 Å². The molecule has 2 heterocycles. The molecule has 4 N–H and O–H groups in total. The SMILES string of the molecule is Nc1c(Nc2ccc(Cl)cc2Cl)ncnc1N1CCC(C(=O)O)CC1. The topological polar surface area (TPSA) is 104 Å². The second-order valence-corrected chi connectivity index (χ2v) is 6.65. The molecular weight excluding hydrogens is 365 g/mol. The lowest BCUT2D eigenvalue weighted by Gasteiger charge is -2.31. The molecule has 25 heavy (non-hydrogen) atoms. The van der Waals surface area contributed by atoms with E-state index in [0.717, 1.165) is 0 Å². The minimum Gasteiger partial charge on any atom is -0.481 e. The number of carboxylic acid groups (broad SMARTS) is 1. The zero-order valence-electron chi connectivity index (χ0n) is 13.2. The number of aliphatic carboxylic acids is 1. The van der Waals surface area contributed by atoms with Crippen LogP contribution in [0.1, 0.15) is 12.8 Å². The van der Waals surface area contributed by atoms with Crippen LogP contribution < -0.4 is 16.0 Å². The largest absolute Gasteiger partial charge is 0.481 e. The summed E-state index contributed by atoms with van der Waals surface area (Å²) in [6.07, 6.45) is 2.54. The minimum atomic E-state index is -0.755.